The summed E-state index contributed by atoms with van der Waals surface area (Å²) in [5, 5.41) is 29.6. The van der Waals surface area contributed by atoms with Gasteiger partial charge in [-0.15, -0.1) is 6.58 Å². The van der Waals surface area contributed by atoms with Gasteiger partial charge in [-0.1, -0.05) is 103 Å². The zero-order chi connectivity index (χ0) is 43.1. The Labute approximate surface area is 364 Å². The molecule has 0 aromatic heterocycles. The summed E-state index contributed by atoms with van der Waals surface area (Å²) < 4.78 is 20.5. The summed E-state index contributed by atoms with van der Waals surface area (Å²) >= 11 is 0. The third-order valence-corrected chi connectivity index (χ3v) is 13.1. The maximum absolute atomic E-state index is 14.9. The summed E-state index contributed by atoms with van der Waals surface area (Å²) in [6, 6.07) is 29.1. The van der Waals surface area contributed by atoms with Crippen LogP contribution in [0.4, 0.5) is 4.79 Å². The smallest absolute Gasteiger partial charge is 0.412 e. The number of hydrogen-bond acceptors (Lipinski definition) is 9. The first-order valence-electron chi connectivity index (χ1n) is 22.3. The average Bonchev–Trinajstić information content (AvgIpc) is 4.15. The third kappa shape index (κ3) is 9.02. The summed E-state index contributed by atoms with van der Waals surface area (Å²) in [6.45, 7) is 5.06. The number of nitrogens with zero attached hydrogens (tertiary/aromatic N) is 2. The number of amides is 2. The van der Waals surface area contributed by atoms with Crippen LogP contribution < -0.4 is 14.8 Å². The van der Waals surface area contributed by atoms with Gasteiger partial charge < -0.3 is 39.5 Å². The minimum atomic E-state index is -1.39. The van der Waals surface area contributed by atoms with Gasteiger partial charge >= 0.3 is 6.09 Å². The van der Waals surface area contributed by atoms with Crippen molar-refractivity contribution >= 4 is 28.5 Å². The van der Waals surface area contributed by atoms with Gasteiger partial charge in [-0.2, -0.15) is 0 Å². The molecule has 1 aliphatic heterocycles. The molecule has 8 rings (SSSR count). The van der Waals surface area contributed by atoms with Gasteiger partial charge in [-0.05, 0) is 96.0 Å². The van der Waals surface area contributed by atoms with Crippen molar-refractivity contribution in [3.63, 3.8) is 0 Å². The first kappa shape index (κ1) is 43.2. The molecule has 62 heavy (non-hydrogen) atoms. The van der Waals surface area contributed by atoms with Gasteiger partial charge in [0.15, 0.2) is 0 Å². The van der Waals surface area contributed by atoms with Gasteiger partial charge in [-0.25, -0.2) is 4.79 Å². The van der Waals surface area contributed by atoms with Crippen LogP contribution in [0.1, 0.15) is 80.4 Å². The number of carbonyl (C=O) groups excluding carboxylic acids is 2. The molecule has 0 unspecified atom stereocenters. The zero-order valence-electron chi connectivity index (χ0n) is 35.6. The Bertz CT molecular complexity index is 2270. The molecule has 4 aromatic carbocycles. The molecule has 0 radical (unpaired) electrons. The van der Waals surface area contributed by atoms with Gasteiger partial charge in [0.1, 0.15) is 24.7 Å². The lowest BCUT2D eigenvalue weighted by Gasteiger charge is -2.60. The molecular weight excluding hydrogens is 783 g/mol. The van der Waals surface area contributed by atoms with Crippen LogP contribution in [0.2, 0.25) is 0 Å². The number of benzene rings is 4. The van der Waals surface area contributed by atoms with Crippen LogP contribution in [-0.2, 0) is 27.5 Å². The second-order valence-electron chi connectivity index (χ2n) is 17.1. The number of hydrogen-bond donors (Lipinski definition) is 3. The summed E-state index contributed by atoms with van der Waals surface area (Å²) in [4.78, 5) is 35.8. The minimum Gasteiger partial charge on any atom is -0.459 e. The van der Waals surface area contributed by atoms with E-state index in [1.807, 2.05) is 65.6 Å². The van der Waals surface area contributed by atoms with E-state index in [4.69, 9.17) is 24.2 Å². The number of unbranched alkanes of at least 4 members (excludes halogenated alkanes) is 2. The second-order valence-corrected chi connectivity index (χ2v) is 17.1. The Morgan fingerprint density at radius 3 is 2.47 bits per heavy atom. The van der Waals surface area contributed by atoms with Crippen LogP contribution in [-0.4, -0.2) is 71.6 Å². The molecule has 4 aliphatic rings. The number of fused-ring (bicyclic) bond motifs is 3. The van der Waals surface area contributed by atoms with E-state index in [1.54, 1.807) is 19.3 Å². The molecule has 0 spiro atoms. The van der Waals surface area contributed by atoms with Crippen molar-refractivity contribution in [1.29, 1.82) is 0 Å². The van der Waals surface area contributed by atoms with Crippen LogP contribution in [0.3, 0.4) is 0 Å². The highest BCUT2D eigenvalue weighted by molar-refractivity contribution is 6.03. The number of carbonyl (C=O) groups is 2. The average molecular weight is 842 g/mol. The molecule has 326 valence electrons. The number of nitrogens with one attached hydrogen (secondary N) is 1. The summed E-state index contributed by atoms with van der Waals surface area (Å²) in [6.07, 6.45) is 9.98. The Kier molecular flexibility index (Phi) is 13.7. The predicted octanol–water partition coefficient (Wildman–Crippen LogP) is 8.83. The van der Waals surface area contributed by atoms with E-state index in [9.17, 15) is 19.8 Å². The molecule has 3 N–H and O–H groups in total. The molecule has 4 aromatic rings. The quantitative estimate of drug-likeness (QED) is 0.0484. The van der Waals surface area contributed by atoms with E-state index in [1.165, 1.54) is 0 Å². The normalized spacial score (nSPS) is 24.3. The van der Waals surface area contributed by atoms with Crippen molar-refractivity contribution in [2.45, 2.75) is 88.6 Å². The summed E-state index contributed by atoms with van der Waals surface area (Å²) in [7, 11) is 1.55. The van der Waals surface area contributed by atoms with E-state index >= 15 is 0 Å². The number of aliphatic hydroxyl groups excluding tert-OH is 2. The number of allylic oxidation sites excluding steroid dienone is 1. The molecule has 11 heteroatoms. The number of aliphatic hydroxyl groups is 2. The maximum Gasteiger partial charge on any atom is 0.412 e. The number of rotatable bonds is 19. The lowest BCUT2D eigenvalue weighted by molar-refractivity contribution is -0.258. The Hall–Kier alpha value is -5.49. The van der Waals surface area contributed by atoms with E-state index in [2.05, 4.69) is 42.2 Å². The van der Waals surface area contributed by atoms with E-state index in [-0.39, 0.29) is 49.4 Å². The van der Waals surface area contributed by atoms with Crippen molar-refractivity contribution < 1.29 is 38.9 Å². The molecule has 11 nitrogen and oxygen atoms in total. The van der Waals surface area contributed by atoms with Crippen LogP contribution in [0.15, 0.2) is 120 Å². The molecule has 3 aliphatic carbocycles. The van der Waals surface area contributed by atoms with Gasteiger partial charge in [0, 0.05) is 50.1 Å². The van der Waals surface area contributed by atoms with Gasteiger partial charge in [0.2, 0.25) is 11.7 Å². The first-order valence-corrected chi connectivity index (χ1v) is 22.3. The topological polar surface area (TPSA) is 139 Å². The van der Waals surface area contributed by atoms with Gasteiger partial charge in [-0.3, -0.25) is 4.79 Å². The summed E-state index contributed by atoms with van der Waals surface area (Å²) in [5.41, 5.74) is 4.54. The molecule has 2 saturated carbocycles. The van der Waals surface area contributed by atoms with Gasteiger partial charge in [0.25, 0.3) is 0 Å². The van der Waals surface area contributed by atoms with Gasteiger partial charge in [0.05, 0.1) is 18.2 Å². The van der Waals surface area contributed by atoms with Crippen molar-refractivity contribution in [3.8, 4) is 11.5 Å². The highest BCUT2D eigenvalue weighted by Crippen LogP contribution is 2.62. The first-order chi connectivity index (χ1) is 30.4. The fourth-order valence-corrected chi connectivity index (χ4v) is 10.3. The maximum atomic E-state index is 14.9. The molecule has 2 fully saturated rings. The predicted molar refractivity (Wildman–Crippen MR) is 238 cm³/mol. The number of oxime groups is 1. The number of ether oxygens (including phenoxy) is 3. The van der Waals surface area contributed by atoms with Crippen LogP contribution in [0.5, 0.6) is 11.5 Å². The lowest BCUT2D eigenvalue weighted by atomic mass is 9.55. The largest absolute Gasteiger partial charge is 0.459 e. The second kappa shape index (κ2) is 19.7. The highest BCUT2D eigenvalue weighted by atomic mass is 16.7. The minimum absolute atomic E-state index is 0.0266. The van der Waals surface area contributed by atoms with Crippen molar-refractivity contribution in [2.24, 2.45) is 28.8 Å². The van der Waals surface area contributed by atoms with E-state index in [0.717, 1.165) is 77.3 Å². The Morgan fingerprint density at radius 2 is 1.71 bits per heavy atom. The van der Waals surface area contributed by atoms with Crippen molar-refractivity contribution in [2.75, 3.05) is 26.9 Å². The summed E-state index contributed by atoms with van der Waals surface area (Å²) in [5.74, 6) is -1.10. The fraction of sp³-hybridized carbons (Fsp3) is 0.431. The Balaban J connectivity index is 1.28. The van der Waals surface area contributed by atoms with Crippen molar-refractivity contribution in [1.82, 2.24) is 10.2 Å². The lowest BCUT2D eigenvalue weighted by Crippen LogP contribution is -2.70. The Morgan fingerprint density at radius 1 is 0.952 bits per heavy atom. The van der Waals surface area contributed by atoms with E-state index < -0.39 is 23.8 Å². The van der Waals surface area contributed by atoms with Crippen molar-refractivity contribution in [3.05, 3.63) is 132 Å². The molecular formula is C51H59N3O8. The SMILES string of the molecule is C=CCO[C@@]12Oc3ccc(OC(=O)NCc4ccccc4)cc3[C@H]3[C@H](CCCCO)[C@@H](CCCCO)C=C(C(=NOC)C[C@@H]1N(Cc1cccc4ccccc14)C(=O)C1CC1)[C@H]32. The zero-order valence-corrected chi connectivity index (χ0v) is 35.6. The van der Waals surface area contributed by atoms with Crippen LogP contribution in [0, 0.1) is 23.7 Å². The molecule has 0 bridgehead atoms. The van der Waals surface area contributed by atoms with E-state index in [0.29, 0.717) is 43.9 Å². The molecule has 6 atom stereocenters. The third-order valence-electron chi connectivity index (χ3n) is 13.1. The highest BCUT2D eigenvalue weighted by Gasteiger charge is 2.66. The molecule has 1 heterocycles. The van der Waals surface area contributed by atoms with Crippen LogP contribution >= 0.6 is 0 Å². The fourth-order valence-electron chi connectivity index (χ4n) is 10.3. The van der Waals surface area contributed by atoms with Crippen LogP contribution in [0.25, 0.3) is 10.8 Å². The molecule has 0 saturated heterocycles. The molecule has 2 amide bonds. The monoisotopic (exact) mass is 841 g/mol. The standard InChI is InChI=1S/C51H59N3O8/c1-3-28-60-51-46(54(49(57)36-22-23-36)33-38-19-13-18-35-16-7-8-20-40(35)38)31-44(53-59-2)42-29-37(17-9-11-26-55)41(21-10-12-27-56)47(48(42)51)43-30-39(24-25-45(43)62-51)61-50(58)52-32-34-14-5-4-6-15-34/h3-8,13-16,18-20,24-25,29-30,36-37,41,46-48,55-56H,1,9-12,17,21-23,26-28,31-33H2,2H3,(H,52,58)/t37-,41+,46-,47+,48+,51+/m0/s1.